The molecule has 0 radical (unpaired) electrons. The lowest BCUT2D eigenvalue weighted by molar-refractivity contribution is 0.112. The van der Waals surface area contributed by atoms with Gasteiger partial charge in [0.15, 0.2) is 0 Å². The van der Waals surface area contributed by atoms with Crippen LogP contribution in [-0.4, -0.2) is 23.8 Å². The van der Waals surface area contributed by atoms with Crippen LogP contribution in [0.5, 0.6) is 0 Å². The Kier molecular flexibility index (Phi) is 2.32. The highest BCUT2D eigenvalue weighted by atomic mass is 16.1. The number of carbonyl (C=O) groups is 1. The third kappa shape index (κ3) is 1.51. The van der Waals surface area contributed by atoms with Crippen LogP contribution in [0, 0.1) is 6.92 Å². The van der Waals surface area contributed by atoms with Gasteiger partial charge in [0.1, 0.15) is 6.29 Å². The van der Waals surface area contributed by atoms with E-state index in [2.05, 4.69) is 23.6 Å². The summed E-state index contributed by atoms with van der Waals surface area (Å²) in [6, 6.07) is 4.78. The van der Waals surface area contributed by atoms with Gasteiger partial charge >= 0.3 is 0 Å². The summed E-state index contributed by atoms with van der Waals surface area (Å²) in [4.78, 5) is 13.4. The summed E-state index contributed by atoms with van der Waals surface area (Å²) in [7, 11) is 0. The van der Waals surface area contributed by atoms with Crippen molar-refractivity contribution in [2.24, 2.45) is 0 Å². The van der Waals surface area contributed by atoms with Crippen molar-refractivity contribution >= 4 is 12.0 Å². The number of benzene rings is 1. The standard InChI is InChI=1S/C15H17NO/c1-10-6-15-11(2)16-5-3-4-14(16)8-12(15)7-13(10)9-17/h6-7,9,14H,2-5,8H2,1H3. The van der Waals surface area contributed by atoms with E-state index in [4.69, 9.17) is 0 Å². The molecule has 1 saturated heterocycles. The lowest BCUT2D eigenvalue weighted by Gasteiger charge is -2.35. The van der Waals surface area contributed by atoms with Crippen LogP contribution in [-0.2, 0) is 6.42 Å². The van der Waals surface area contributed by atoms with Crippen molar-refractivity contribution in [3.05, 3.63) is 41.0 Å². The predicted octanol–water partition coefficient (Wildman–Crippen LogP) is 2.80. The van der Waals surface area contributed by atoms with E-state index < -0.39 is 0 Å². The molecule has 0 saturated carbocycles. The highest BCUT2D eigenvalue weighted by Crippen LogP contribution is 2.37. The van der Waals surface area contributed by atoms with Gasteiger partial charge in [-0.15, -0.1) is 0 Å². The van der Waals surface area contributed by atoms with Crippen LogP contribution in [0.15, 0.2) is 18.7 Å². The minimum atomic E-state index is 0.609. The first-order valence-electron chi connectivity index (χ1n) is 6.25. The highest BCUT2D eigenvalue weighted by Gasteiger charge is 2.32. The minimum Gasteiger partial charge on any atom is -0.368 e. The summed E-state index contributed by atoms with van der Waals surface area (Å²) in [5.74, 6) is 0. The van der Waals surface area contributed by atoms with Crippen molar-refractivity contribution in [3.63, 3.8) is 0 Å². The molecule has 1 unspecified atom stereocenters. The van der Waals surface area contributed by atoms with Gasteiger partial charge in [0, 0.05) is 29.4 Å². The molecule has 0 N–H and O–H groups in total. The molecule has 3 rings (SSSR count). The van der Waals surface area contributed by atoms with Crippen molar-refractivity contribution in [3.8, 4) is 0 Å². The fraction of sp³-hybridized carbons (Fsp3) is 0.400. The zero-order valence-corrected chi connectivity index (χ0v) is 10.2. The Morgan fingerprint density at radius 2 is 2.29 bits per heavy atom. The quantitative estimate of drug-likeness (QED) is 0.688. The van der Waals surface area contributed by atoms with Gasteiger partial charge in [-0.25, -0.2) is 0 Å². The fourth-order valence-corrected chi connectivity index (χ4v) is 3.15. The maximum absolute atomic E-state index is 11.0. The summed E-state index contributed by atoms with van der Waals surface area (Å²) in [6.45, 7) is 7.36. The average molecular weight is 227 g/mol. The summed E-state index contributed by atoms with van der Waals surface area (Å²) >= 11 is 0. The Morgan fingerprint density at radius 1 is 1.47 bits per heavy atom. The van der Waals surface area contributed by atoms with Crippen LogP contribution in [0.3, 0.4) is 0 Å². The summed E-state index contributed by atoms with van der Waals surface area (Å²) in [5.41, 5.74) is 5.56. The van der Waals surface area contributed by atoms with E-state index in [0.717, 1.165) is 36.1 Å². The van der Waals surface area contributed by atoms with E-state index >= 15 is 0 Å². The van der Waals surface area contributed by atoms with Crippen molar-refractivity contribution in [1.29, 1.82) is 0 Å². The number of carbonyl (C=O) groups excluding carboxylic acids is 1. The first-order valence-corrected chi connectivity index (χ1v) is 6.25. The highest BCUT2D eigenvalue weighted by molar-refractivity contribution is 5.80. The Morgan fingerprint density at radius 3 is 3.06 bits per heavy atom. The summed E-state index contributed by atoms with van der Waals surface area (Å²) in [5, 5.41) is 0. The van der Waals surface area contributed by atoms with Gasteiger partial charge in [-0.1, -0.05) is 6.58 Å². The Labute approximate surface area is 102 Å². The van der Waals surface area contributed by atoms with Crippen molar-refractivity contribution in [2.75, 3.05) is 6.54 Å². The van der Waals surface area contributed by atoms with Gasteiger partial charge in [-0.05, 0) is 49.4 Å². The summed E-state index contributed by atoms with van der Waals surface area (Å²) < 4.78 is 0. The topological polar surface area (TPSA) is 20.3 Å². The fourth-order valence-electron chi connectivity index (χ4n) is 3.15. The van der Waals surface area contributed by atoms with Crippen molar-refractivity contribution in [1.82, 2.24) is 4.90 Å². The van der Waals surface area contributed by atoms with Crippen LogP contribution in [0.1, 0.15) is 39.9 Å². The molecule has 0 aromatic heterocycles. The molecule has 0 spiro atoms. The van der Waals surface area contributed by atoms with Gasteiger partial charge in [0.2, 0.25) is 0 Å². The zero-order chi connectivity index (χ0) is 12.0. The smallest absolute Gasteiger partial charge is 0.150 e. The number of nitrogens with zero attached hydrogens (tertiary/aromatic N) is 1. The molecular formula is C15H17NO. The maximum atomic E-state index is 11.0. The predicted molar refractivity (Wildman–Crippen MR) is 69.0 cm³/mol. The number of aldehydes is 1. The van der Waals surface area contributed by atoms with Gasteiger partial charge in [-0.3, -0.25) is 4.79 Å². The molecule has 2 nitrogen and oxygen atoms in total. The lowest BCUT2D eigenvalue weighted by Crippen LogP contribution is -2.34. The van der Waals surface area contributed by atoms with Crippen LogP contribution < -0.4 is 0 Å². The second kappa shape index (κ2) is 3.73. The molecule has 17 heavy (non-hydrogen) atoms. The molecule has 0 aliphatic carbocycles. The van der Waals surface area contributed by atoms with E-state index in [1.807, 2.05) is 6.92 Å². The van der Waals surface area contributed by atoms with Crippen LogP contribution in [0.25, 0.3) is 5.70 Å². The maximum Gasteiger partial charge on any atom is 0.150 e. The minimum absolute atomic E-state index is 0.609. The third-order valence-electron chi connectivity index (χ3n) is 4.11. The molecule has 0 bridgehead atoms. The molecule has 88 valence electrons. The Bertz CT molecular complexity index is 504. The molecule has 1 atom stereocenters. The SMILES string of the molecule is C=C1c2cc(C)c(C=O)cc2CC2CCCN12. The van der Waals surface area contributed by atoms with Gasteiger partial charge < -0.3 is 4.90 Å². The van der Waals surface area contributed by atoms with Crippen molar-refractivity contribution in [2.45, 2.75) is 32.2 Å². The Hall–Kier alpha value is -1.57. The van der Waals surface area contributed by atoms with E-state index in [-0.39, 0.29) is 0 Å². The second-order valence-corrected chi connectivity index (χ2v) is 5.12. The molecule has 2 aliphatic rings. The largest absolute Gasteiger partial charge is 0.368 e. The monoisotopic (exact) mass is 227 g/mol. The normalized spacial score (nSPS) is 22.3. The number of rotatable bonds is 1. The first kappa shape index (κ1) is 10.6. The van der Waals surface area contributed by atoms with Crippen LogP contribution >= 0.6 is 0 Å². The van der Waals surface area contributed by atoms with Gasteiger partial charge in [0.25, 0.3) is 0 Å². The number of hydrogen-bond acceptors (Lipinski definition) is 2. The average Bonchev–Trinajstić information content (AvgIpc) is 2.78. The molecule has 2 aliphatic heterocycles. The molecular weight excluding hydrogens is 210 g/mol. The number of fused-ring (bicyclic) bond motifs is 2. The third-order valence-corrected chi connectivity index (χ3v) is 4.11. The van der Waals surface area contributed by atoms with Crippen LogP contribution in [0.2, 0.25) is 0 Å². The van der Waals surface area contributed by atoms with Crippen LogP contribution in [0.4, 0.5) is 0 Å². The Balaban J connectivity index is 2.11. The second-order valence-electron chi connectivity index (χ2n) is 5.12. The molecule has 1 aromatic rings. The zero-order valence-electron chi connectivity index (χ0n) is 10.2. The van der Waals surface area contributed by atoms with Gasteiger partial charge in [-0.2, -0.15) is 0 Å². The van der Waals surface area contributed by atoms with E-state index in [1.165, 1.54) is 24.0 Å². The lowest BCUT2D eigenvalue weighted by atomic mass is 9.89. The number of hydrogen-bond donors (Lipinski definition) is 0. The first-order chi connectivity index (χ1) is 8.20. The van der Waals surface area contributed by atoms with E-state index in [0.29, 0.717) is 6.04 Å². The molecule has 1 fully saturated rings. The molecule has 2 heterocycles. The molecule has 1 aromatic carbocycles. The van der Waals surface area contributed by atoms with Gasteiger partial charge in [0.05, 0.1) is 0 Å². The van der Waals surface area contributed by atoms with E-state index in [9.17, 15) is 4.79 Å². The molecule has 2 heteroatoms. The van der Waals surface area contributed by atoms with E-state index in [1.54, 1.807) is 0 Å². The molecule has 0 amide bonds. The number of aryl methyl sites for hydroxylation is 1. The van der Waals surface area contributed by atoms with Crippen molar-refractivity contribution < 1.29 is 4.79 Å². The summed E-state index contributed by atoms with van der Waals surface area (Å²) in [6.07, 6.45) is 4.54.